The minimum atomic E-state index is -0.526. The summed E-state index contributed by atoms with van der Waals surface area (Å²) in [4.78, 5) is 24.2. The molecule has 0 aliphatic rings. The van der Waals surface area contributed by atoms with Crippen LogP contribution in [-0.4, -0.2) is 36.9 Å². The number of imidazole rings is 2. The van der Waals surface area contributed by atoms with Crippen molar-refractivity contribution in [3.05, 3.63) is 35.8 Å². The number of esters is 1. The number of nitrogen functional groups attached to an aromatic ring is 1. The fourth-order valence-corrected chi connectivity index (χ4v) is 2.63. The standard InChI is InChI=1S/C18H22N6O2/c1-10-15(21-9-24(10)8-14(25)26-18(2,3)4)17-22-12-6-5-11(16(19)20)7-13(12)23-17/h5-7,9H,8H2,1-4H3,(H3,19,20)(H,22,23). The maximum absolute atomic E-state index is 12.0. The summed E-state index contributed by atoms with van der Waals surface area (Å²) in [6.07, 6.45) is 1.60. The molecular formula is C18H22N6O2. The van der Waals surface area contributed by atoms with Crippen LogP contribution in [0.1, 0.15) is 32.0 Å². The van der Waals surface area contributed by atoms with Gasteiger partial charge in [-0.05, 0) is 45.9 Å². The van der Waals surface area contributed by atoms with Crippen molar-refractivity contribution in [2.45, 2.75) is 39.8 Å². The lowest BCUT2D eigenvalue weighted by Crippen LogP contribution is -2.26. The van der Waals surface area contributed by atoms with Crippen molar-refractivity contribution in [2.24, 2.45) is 5.73 Å². The molecule has 0 aliphatic carbocycles. The van der Waals surface area contributed by atoms with Gasteiger partial charge in [0.2, 0.25) is 0 Å². The molecule has 0 atom stereocenters. The highest BCUT2D eigenvalue weighted by Crippen LogP contribution is 2.23. The number of ether oxygens (including phenoxy) is 1. The van der Waals surface area contributed by atoms with Crippen LogP contribution < -0.4 is 5.73 Å². The van der Waals surface area contributed by atoms with E-state index in [1.165, 1.54) is 0 Å². The monoisotopic (exact) mass is 354 g/mol. The van der Waals surface area contributed by atoms with Gasteiger partial charge >= 0.3 is 5.97 Å². The van der Waals surface area contributed by atoms with Crippen molar-refractivity contribution in [1.82, 2.24) is 19.5 Å². The first-order valence-corrected chi connectivity index (χ1v) is 8.22. The molecule has 0 bridgehead atoms. The highest BCUT2D eigenvalue weighted by molar-refractivity contribution is 5.98. The zero-order chi connectivity index (χ0) is 19.1. The third kappa shape index (κ3) is 3.58. The van der Waals surface area contributed by atoms with E-state index in [0.29, 0.717) is 22.6 Å². The van der Waals surface area contributed by atoms with Crippen LogP contribution in [0.3, 0.4) is 0 Å². The van der Waals surface area contributed by atoms with Crippen LogP contribution >= 0.6 is 0 Å². The minimum absolute atomic E-state index is 0.00531. The van der Waals surface area contributed by atoms with Crippen LogP contribution in [0, 0.1) is 12.3 Å². The van der Waals surface area contributed by atoms with Gasteiger partial charge in [-0.25, -0.2) is 9.97 Å². The molecular weight excluding hydrogens is 332 g/mol. The Morgan fingerprint density at radius 1 is 1.38 bits per heavy atom. The van der Waals surface area contributed by atoms with Gasteiger partial charge in [0, 0.05) is 11.3 Å². The van der Waals surface area contributed by atoms with Gasteiger partial charge in [-0.3, -0.25) is 10.2 Å². The van der Waals surface area contributed by atoms with E-state index in [1.807, 2.05) is 33.8 Å². The van der Waals surface area contributed by atoms with Crippen LogP contribution in [-0.2, 0) is 16.1 Å². The molecule has 0 fully saturated rings. The quantitative estimate of drug-likeness (QED) is 0.377. The number of amidine groups is 1. The minimum Gasteiger partial charge on any atom is -0.459 e. The number of nitrogens with one attached hydrogen (secondary N) is 2. The summed E-state index contributed by atoms with van der Waals surface area (Å²) in [5.74, 6) is 0.274. The zero-order valence-electron chi connectivity index (χ0n) is 15.3. The van der Waals surface area contributed by atoms with E-state index in [4.69, 9.17) is 15.9 Å². The number of H-pyrrole nitrogens is 1. The van der Waals surface area contributed by atoms with E-state index in [9.17, 15) is 4.79 Å². The number of nitrogens with zero attached hydrogens (tertiary/aromatic N) is 3. The summed E-state index contributed by atoms with van der Waals surface area (Å²) in [5.41, 5.74) is 8.61. The summed E-state index contributed by atoms with van der Waals surface area (Å²) in [5, 5.41) is 7.53. The topological polar surface area (TPSA) is 123 Å². The molecule has 0 saturated heterocycles. The lowest BCUT2D eigenvalue weighted by atomic mass is 10.2. The van der Waals surface area contributed by atoms with Gasteiger partial charge in [-0.2, -0.15) is 0 Å². The molecule has 2 aromatic heterocycles. The van der Waals surface area contributed by atoms with E-state index in [1.54, 1.807) is 23.0 Å². The van der Waals surface area contributed by atoms with Crippen LogP contribution in [0.5, 0.6) is 0 Å². The highest BCUT2D eigenvalue weighted by Gasteiger charge is 2.19. The van der Waals surface area contributed by atoms with Crippen molar-refractivity contribution in [3.8, 4) is 11.5 Å². The van der Waals surface area contributed by atoms with Gasteiger partial charge in [0.25, 0.3) is 0 Å². The third-order valence-electron chi connectivity index (χ3n) is 3.84. The van der Waals surface area contributed by atoms with Gasteiger partial charge in [0.15, 0.2) is 5.82 Å². The fraction of sp³-hybridized carbons (Fsp3) is 0.333. The van der Waals surface area contributed by atoms with E-state index >= 15 is 0 Å². The second-order valence-corrected chi connectivity index (χ2v) is 7.12. The summed E-state index contributed by atoms with van der Waals surface area (Å²) in [7, 11) is 0. The van der Waals surface area contributed by atoms with Crippen LogP contribution in [0.2, 0.25) is 0 Å². The van der Waals surface area contributed by atoms with Crippen molar-refractivity contribution < 1.29 is 9.53 Å². The molecule has 0 unspecified atom stereocenters. The molecule has 2 heterocycles. The zero-order valence-corrected chi connectivity index (χ0v) is 15.3. The fourth-order valence-electron chi connectivity index (χ4n) is 2.63. The van der Waals surface area contributed by atoms with E-state index in [2.05, 4.69) is 15.0 Å². The molecule has 26 heavy (non-hydrogen) atoms. The summed E-state index contributed by atoms with van der Waals surface area (Å²) < 4.78 is 7.09. The Morgan fingerprint density at radius 3 is 2.77 bits per heavy atom. The lowest BCUT2D eigenvalue weighted by molar-refractivity contribution is -0.155. The number of benzene rings is 1. The molecule has 3 aromatic rings. The number of hydrogen-bond acceptors (Lipinski definition) is 5. The van der Waals surface area contributed by atoms with Gasteiger partial charge in [-0.15, -0.1) is 0 Å². The first-order chi connectivity index (χ1) is 12.1. The molecule has 0 aliphatic heterocycles. The van der Waals surface area contributed by atoms with Crippen molar-refractivity contribution in [3.63, 3.8) is 0 Å². The molecule has 8 nitrogen and oxygen atoms in total. The van der Waals surface area contributed by atoms with E-state index in [-0.39, 0.29) is 18.3 Å². The molecule has 0 saturated carbocycles. The average Bonchev–Trinajstić information content (AvgIpc) is 3.08. The Balaban J connectivity index is 1.88. The SMILES string of the molecule is Cc1c(-c2nc3cc(C(=N)N)ccc3[nH]2)ncn1CC(=O)OC(C)(C)C. The van der Waals surface area contributed by atoms with E-state index < -0.39 is 5.60 Å². The van der Waals surface area contributed by atoms with Gasteiger partial charge in [-0.1, -0.05) is 0 Å². The number of rotatable bonds is 4. The molecule has 0 spiro atoms. The van der Waals surface area contributed by atoms with Crippen molar-refractivity contribution >= 4 is 22.8 Å². The average molecular weight is 354 g/mol. The molecule has 0 radical (unpaired) electrons. The summed E-state index contributed by atoms with van der Waals surface area (Å²) in [6, 6.07) is 5.35. The molecule has 1 aromatic carbocycles. The predicted molar refractivity (Wildman–Crippen MR) is 98.9 cm³/mol. The van der Waals surface area contributed by atoms with Gasteiger partial charge < -0.3 is 20.0 Å². The summed E-state index contributed by atoms with van der Waals surface area (Å²) in [6.45, 7) is 7.47. The number of aromatic nitrogens is 4. The number of nitrogens with two attached hydrogens (primary N) is 1. The molecule has 8 heteroatoms. The smallest absolute Gasteiger partial charge is 0.326 e. The Bertz CT molecular complexity index is 993. The Morgan fingerprint density at radius 2 is 2.12 bits per heavy atom. The second-order valence-electron chi connectivity index (χ2n) is 7.12. The highest BCUT2D eigenvalue weighted by atomic mass is 16.6. The number of hydrogen-bond donors (Lipinski definition) is 3. The van der Waals surface area contributed by atoms with Crippen molar-refractivity contribution in [1.29, 1.82) is 5.41 Å². The Kier molecular flexibility index (Phi) is 4.27. The largest absolute Gasteiger partial charge is 0.459 e. The van der Waals surface area contributed by atoms with Gasteiger partial charge in [0.05, 0.1) is 17.4 Å². The predicted octanol–water partition coefficient (Wildman–Crippen LogP) is 2.36. The maximum Gasteiger partial charge on any atom is 0.326 e. The molecule has 0 amide bonds. The summed E-state index contributed by atoms with van der Waals surface area (Å²) >= 11 is 0. The Labute approximate surface area is 150 Å². The second kappa shape index (κ2) is 6.29. The molecule has 136 valence electrons. The first-order valence-electron chi connectivity index (χ1n) is 8.22. The number of carbonyl (C=O) groups is 1. The number of fused-ring (bicyclic) bond motifs is 1. The van der Waals surface area contributed by atoms with Crippen LogP contribution in [0.15, 0.2) is 24.5 Å². The molecule has 4 N–H and O–H groups in total. The lowest BCUT2D eigenvalue weighted by Gasteiger charge is -2.19. The van der Waals surface area contributed by atoms with E-state index in [0.717, 1.165) is 11.2 Å². The van der Waals surface area contributed by atoms with Crippen molar-refractivity contribution in [2.75, 3.05) is 0 Å². The number of aromatic amines is 1. The number of carbonyl (C=O) groups excluding carboxylic acids is 1. The Hall–Kier alpha value is -3.16. The maximum atomic E-state index is 12.0. The van der Waals surface area contributed by atoms with Crippen LogP contribution in [0.4, 0.5) is 0 Å². The molecule has 3 rings (SSSR count). The third-order valence-corrected chi connectivity index (χ3v) is 3.84. The van der Waals surface area contributed by atoms with Crippen LogP contribution in [0.25, 0.3) is 22.6 Å². The first kappa shape index (κ1) is 17.7. The normalized spacial score (nSPS) is 11.7. The van der Waals surface area contributed by atoms with Gasteiger partial charge in [0.1, 0.15) is 23.7 Å².